The van der Waals surface area contributed by atoms with E-state index in [1.54, 1.807) is 43.5 Å². The smallest absolute Gasteiger partial charge is 0.280 e. The molecule has 0 fully saturated rings. The molecule has 0 aliphatic carbocycles. The summed E-state index contributed by atoms with van der Waals surface area (Å²) in [6.45, 7) is 0. The van der Waals surface area contributed by atoms with Gasteiger partial charge in [0.05, 0.1) is 12.7 Å². The topological polar surface area (TPSA) is 74.2 Å². The highest BCUT2D eigenvalue weighted by atomic mass is 35.5. The fourth-order valence-electron chi connectivity index (χ4n) is 2.42. The van der Waals surface area contributed by atoms with Gasteiger partial charge in [0.2, 0.25) is 5.82 Å². The highest BCUT2D eigenvalue weighted by molar-refractivity contribution is 6.30. The standard InChI is InChI=1S/C18H11ClFN3O3/c1-24-15-7-4-11(19)8-13(15)17-21-18(26-23-17)14-9-16(25-22-14)10-2-5-12(20)6-3-10/h2-9H,1H3. The van der Waals surface area contributed by atoms with Gasteiger partial charge in [-0.1, -0.05) is 21.9 Å². The van der Waals surface area contributed by atoms with E-state index in [4.69, 9.17) is 25.4 Å². The molecular formula is C18H11ClFN3O3. The van der Waals surface area contributed by atoms with Crippen LogP contribution in [-0.2, 0) is 0 Å². The number of hydrogen-bond acceptors (Lipinski definition) is 6. The van der Waals surface area contributed by atoms with Crippen molar-refractivity contribution in [1.29, 1.82) is 0 Å². The number of hydrogen-bond donors (Lipinski definition) is 0. The van der Waals surface area contributed by atoms with Crippen molar-refractivity contribution in [2.45, 2.75) is 0 Å². The molecule has 0 radical (unpaired) electrons. The van der Waals surface area contributed by atoms with E-state index in [1.165, 1.54) is 12.1 Å². The Morgan fingerprint density at radius 2 is 1.81 bits per heavy atom. The van der Waals surface area contributed by atoms with Crippen LogP contribution in [0.1, 0.15) is 0 Å². The fraction of sp³-hybridized carbons (Fsp3) is 0.0556. The normalized spacial score (nSPS) is 10.9. The van der Waals surface area contributed by atoms with Crippen LogP contribution in [0.25, 0.3) is 34.3 Å². The summed E-state index contributed by atoms with van der Waals surface area (Å²) in [7, 11) is 1.54. The summed E-state index contributed by atoms with van der Waals surface area (Å²) in [6, 6.07) is 12.6. The van der Waals surface area contributed by atoms with Gasteiger partial charge >= 0.3 is 0 Å². The van der Waals surface area contributed by atoms with Gasteiger partial charge in [-0.3, -0.25) is 0 Å². The van der Waals surface area contributed by atoms with Crippen LogP contribution >= 0.6 is 11.6 Å². The molecule has 2 aromatic heterocycles. The number of aromatic nitrogens is 3. The van der Waals surface area contributed by atoms with Crippen LogP contribution in [-0.4, -0.2) is 22.4 Å². The Hall–Kier alpha value is -3.19. The first-order valence-electron chi connectivity index (χ1n) is 7.54. The van der Waals surface area contributed by atoms with Gasteiger partial charge in [-0.25, -0.2) is 4.39 Å². The predicted molar refractivity (Wildman–Crippen MR) is 92.2 cm³/mol. The first-order valence-corrected chi connectivity index (χ1v) is 7.92. The lowest BCUT2D eigenvalue weighted by molar-refractivity contribution is 0.408. The molecule has 2 aromatic carbocycles. The Morgan fingerprint density at radius 3 is 2.58 bits per heavy atom. The Labute approximate surface area is 152 Å². The Kier molecular flexibility index (Phi) is 4.14. The molecule has 26 heavy (non-hydrogen) atoms. The van der Waals surface area contributed by atoms with Crippen molar-refractivity contribution in [3.05, 3.63) is 59.4 Å². The minimum atomic E-state index is -0.328. The van der Waals surface area contributed by atoms with Gasteiger partial charge in [-0.05, 0) is 42.5 Å². The minimum Gasteiger partial charge on any atom is -0.496 e. The summed E-state index contributed by atoms with van der Waals surface area (Å²) >= 11 is 6.03. The Morgan fingerprint density at radius 1 is 1.00 bits per heavy atom. The molecule has 4 aromatic rings. The van der Waals surface area contributed by atoms with Gasteiger partial charge in [0, 0.05) is 16.7 Å². The zero-order chi connectivity index (χ0) is 18.1. The van der Waals surface area contributed by atoms with E-state index < -0.39 is 0 Å². The highest BCUT2D eigenvalue weighted by Gasteiger charge is 2.18. The molecule has 0 saturated heterocycles. The number of halogens is 2. The molecule has 8 heteroatoms. The van der Waals surface area contributed by atoms with Gasteiger partial charge in [-0.2, -0.15) is 4.98 Å². The Balaban J connectivity index is 1.67. The molecule has 130 valence electrons. The van der Waals surface area contributed by atoms with E-state index >= 15 is 0 Å². The van der Waals surface area contributed by atoms with E-state index in [2.05, 4.69) is 15.3 Å². The van der Waals surface area contributed by atoms with E-state index in [0.717, 1.165) is 0 Å². The zero-order valence-electron chi connectivity index (χ0n) is 13.4. The quantitative estimate of drug-likeness (QED) is 0.510. The average Bonchev–Trinajstić information content (AvgIpc) is 3.32. The first kappa shape index (κ1) is 16.3. The number of nitrogens with zero attached hydrogens (tertiary/aromatic N) is 3. The van der Waals surface area contributed by atoms with Crippen molar-refractivity contribution in [3.63, 3.8) is 0 Å². The SMILES string of the molecule is COc1ccc(Cl)cc1-c1noc(-c2cc(-c3ccc(F)cc3)on2)n1. The van der Waals surface area contributed by atoms with E-state index in [1.807, 2.05) is 0 Å². The number of ether oxygens (including phenoxy) is 1. The third-order valence-corrected chi connectivity index (χ3v) is 3.92. The van der Waals surface area contributed by atoms with Crippen molar-refractivity contribution < 1.29 is 18.2 Å². The molecule has 0 aliphatic rings. The maximum Gasteiger partial charge on any atom is 0.280 e. The molecule has 4 rings (SSSR count). The first-order chi connectivity index (χ1) is 12.6. The van der Waals surface area contributed by atoms with Crippen LogP contribution < -0.4 is 4.74 Å². The van der Waals surface area contributed by atoms with Crippen LogP contribution in [0.15, 0.2) is 57.6 Å². The molecule has 0 unspecified atom stereocenters. The van der Waals surface area contributed by atoms with Gasteiger partial charge in [0.15, 0.2) is 11.5 Å². The fourth-order valence-corrected chi connectivity index (χ4v) is 2.59. The molecule has 2 heterocycles. The summed E-state index contributed by atoms with van der Waals surface area (Å²) in [5.41, 5.74) is 1.64. The second-order valence-electron chi connectivity index (χ2n) is 5.35. The van der Waals surface area contributed by atoms with Crippen molar-refractivity contribution >= 4 is 11.6 Å². The lowest BCUT2D eigenvalue weighted by Gasteiger charge is -2.04. The molecular weight excluding hydrogens is 361 g/mol. The largest absolute Gasteiger partial charge is 0.496 e. The molecule has 0 atom stereocenters. The molecule has 0 spiro atoms. The summed E-state index contributed by atoms with van der Waals surface area (Å²) in [6.07, 6.45) is 0. The van der Waals surface area contributed by atoms with Crippen LogP contribution in [0, 0.1) is 5.82 Å². The Bertz CT molecular complexity index is 1060. The van der Waals surface area contributed by atoms with Crippen LogP contribution in [0.2, 0.25) is 5.02 Å². The molecule has 0 N–H and O–H groups in total. The lowest BCUT2D eigenvalue weighted by Crippen LogP contribution is -1.89. The van der Waals surface area contributed by atoms with Crippen molar-refractivity contribution in [3.8, 4) is 40.0 Å². The van der Waals surface area contributed by atoms with Gasteiger partial charge in [0.1, 0.15) is 11.6 Å². The molecule has 6 nitrogen and oxygen atoms in total. The second-order valence-corrected chi connectivity index (χ2v) is 5.79. The molecule has 0 bridgehead atoms. The zero-order valence-corrected chi connectivity index (χ0v) is 14.2. The lowest BCUT2D eigenvalue weighted by atomic mass is 10.1. The minimum absolute atomic E-state index is 0.180. The maximum atomic E-state index is 13.0. The van der Waals surface area contributed by atoms with Crippen molar-refractivity contribution in [2.75, 3.05) is 7.11 Å². The third-order valence-electron chi connectivity index (χ3n) is 3.69. The van der Waals surface area contributed by atoms with Gasteiger partial charge in [0.25, 0.3) is 5.89 Å². The number of benzene rings is 2. The average molecular weight is 372 g/mol. The maximum absolute atomic E-state index is 13.0. The summed E-state index contributed by atoms with van der Waals surface area (Å²) in [5, 5.41) is 8.40. The van der Waals surface area contributed by atoms with Crippen molar-refractivity contribution in [2.24, 2.45) is 0 Å². The second kappa shape index (κ2) is 6.61. The van der Waals surface area contributed by atoms with Crippen molar-refractivity contribution in [1.82, 2.24) is 15.3 Å². The summed E-state index contributed by atoms with van der Waals surface area (Å²) in [5.74, 6) is 1.18. The van der Waals surface area contributed by atoms with Crippen LogP contribution in [0.3, 0.4) is 0 Å². The third kappa shape index (κ3) is 3.04. The van der Waals surface area contributed by atoms with Gasteiger partial charge < -0.3 is 13.8 Å². The van der Waals surface area contributed by atoms with Gasteiger partial charge in [-0.15, -0.1) is 0 Å². The predicted octanol–water partition coefficient (Wildman–Crippen LogP) is 4.86. The van der Waals surface area contributed by atoms with E-state index in [9.17, 15) is 4.39 Å². The molecule has 0 amide bonds. The van der Waals surface area contributed by atoms with E-state index in [0.29, 0.717) is 39.2 Å². The number of methoxy groups -OCH3 is 1. The molecule has 0 saturated carbocycles. The monoisotopic (exact) mass is 371 g/mol. The highest BCUT2D eigenvalue weighted by Crippen LogP contribution is 2.32. The summed E-state index contributed by atoms with van der Waals surface area (Å²) < 4.78 is 28.9. The number of rotatable bonds is 4. The van der Waals surface area contributed by atoms with E-state index in [-0.39, 0.29) is 11.7 Å². The van der Waals surface area contributed by atoms with Crippen LogP contribution in [0.5, 0.6) is 5.75 Å². The summed E-state index contributed by atoms with van der Waals surface area (Å²) in [4.78, 5) is 4.32. The molecule has 0 aliphatic heterocycles. The van der Waals surface area contributed by atoms with Crippen LogP contribution in [0.4, 0.5) is 4.39 Å².